The molecule has 0 heterocycles. The smallest absolute Gasteiger partial charge is 0.306 e. The van der Waals surface area contributed by atoms with Gasteiger partial charge in [0.25, 0.3) is 0 Å². The second kappa shape index (κ2) is 52.5. The van der Waals surface area contributed by atoms with Gasteiger partial charge in [0.15, 0.2) is 6.10 Å². The first-order valence-corrected chi connectivity index (χ1v) is 26.9. The minimum Gasteiger partial charge on any atom is -0.462 e. The quantitative estimate of drug-likeness (QED) is 0.0262. The molecule has 0 N–H and O–H groups in total. The largest absolute Gasteiger partial charge is 0.462 e. The third-order valence-corrected chi connectivity index (χ3v) is 11.4. The molecule has 0 unspecified atom stereocenters. The van der Waals surface area contributed by atoms with E-state index in [1.165, 1.54) is 116 Å². The van der Waals surface area contributed by atoms with Gasteiger partial charge in [-0.05, 0) is 96.3 Å². The molecule has 0 aliphatic rings. The van der Waals surface area contributed by atoms with Crippen molar-refractivity contribution < 1.29 is 28.6 Å². The molecule has 0 saturated carbocycles. The van der Waals surface area contributed by atoms with Crippen LogP contribution < -0.4 is 0 Å². The number of hydrogen-bond donors (Lipinski definition) is 0. The van der Waals surface area contributed by atoms with Gasteiger partial charge in [-0.2, -0.15) is 0 Å². The molecular weight excluding hydrogens is 793 g/mol. The van der Waals surface area contributed by atoms with E-state index >= 15 is 0 Å². The molecule has 0 aliphatic heterocycles. The van der Waals surface area contributed by atoms with Gasteiger partial charge in [-0.25, -0.2) is 0 Å². The van der Waals surface area contributed by atoms with Gasteiger partial charge in [-0.15, -0.1) is 0 Å². The van der Waals surface area contributed by atoms with E-state index in [0.717, 1.165) is 103 Å². The van der Waals surface area contributed by atoms with Crippen LogP contribution in [0, 0.1) is 0 Å². The first kappa shape index (κ1) is 60.9. The van der Waals surface area contributed by atoms with E-state index in [4.69, 9.17) is 14.2 Å². The molecule has 0 saturated heterocycles. The molecule has 6 nitrogen and oxygen atoms in total. The van der Waals surface area contributed by atoms with Crippen molar-refractivity contribution in [2.24, 2.45) is 0 Å². The van der Waals surface area contributed by atoms with Crippen molar-refractivity contribution in [1.82, 2.24) is 0 Å². The highest BCUT2D eigenvalue weighted by Crippen LogP contribution is 2.14. The molecule has 0 fully saturated rings. The molecule has 6 heteroatoms. The number of carbonyl (C=O) groups is 3. The predicted molar refractivity (Wildman–Crippen MR) is 274 cm³/mol. The Labute approximate surface area is 395 Å². The maximum atomic E-state index is 12.8. The molecule has 368 valence electrons. The molecule has 0 aromatic heterocycles. The number of rotatable bonds is 48. The van der Waals surface area contributed by atoms with Gasteiger partial charge in [0.2, 0.25) is 0 Å². The van der Waals surface area contributed by atoms with Gasteiger partial charge in [0.05, 0.1) is 0 Å². The van der Waals surface area contributed by atoms with Crippen molar-refractivity contribution in [1.29, 1.82) is 0 Å². The van der Waals surface area contributed by atoms with E-state index in [0.29, 0.717) is 19.3 Å². The van der Waals surface area contributed by atoms with E-state index in [9.17, 15) is 14.4 Å². The molecular formula is C58H100O6. The predicted octanol–water partition coefficient (Wildman–Crippen LogP) is 17.8. The lowest BCUT2D eigenvalue weighted by molar-refractivity contribution is -0.167. The standard InChI is InChI=1S/C58H100O6/c1-4-7-10-13-16-19-22-24-26-28-29-31-32-34-36-39-42-45-48-51-57(60)63-54-55(53-62-56(59)50-47-44-41-38-21-18-15-12-9-6-3)64-58(61)52-49-46-43-40-37-35-33-30-27-25-23-20-17-14-11-8-5-2/h16-17,19-20,24-27,29,31,33,35,55H,4-15,18,21-23,28,30,32,34,36-54H2,1-3H3/b19-16-,20-17-,26-24-,27-25-,31-29-,35-33-/t55-/m1/s1. The van der Waals surface area contributed by atoms with Crippen LogP contribution in [0.3, 0.4) is 0 Å². The first-order valence-electron chi connectivity index (χ1n) is 26.9. The van der Waals surface area contributed by atoms with E-state index in [1.807, 2.05) is 0 Å². The molecule has 0 spiro atoms. The zero-order valence-corrected chi connectivity index (χ0v) is 42.0. The van der Waals surface area contributed by atoms with Crippen molar-refractivity contribution in [2.45, 2.75) is 264 Å². The van der Waals surface area contributed by atoms with E-state index < -0.39 is 6.10 Å². The topological polar surface area (TPSA) is 78.9 Å². The van der Waals surface area contributed by atoms with Crippen molar-refractivity contribution in [3.05, 3.63) is 72.9 Å². The third-order valence-electron chi connectivity index (χ3n) is 11.4. The van der Waals surface area contributed by atoms with Crippen molar-refractivity contribution in [2.75, 3.05) is 13.2 Å². The Balaban J connectivity index is 4.40. The maximum absolute atomic E-state index is 12.8. The summed E-state index contributed by atoms with van der Waals surface area (Å²) in [5.74, 6) is -0.921. The lowest BCUT2D eigenvalue weighted by Gasteiger charge is -2.18. The van der Waals surface area contributed by atoms with E-state index in [-0.39, 0.29) is 31.1 Å². The number of hydrogen-bond acceptors (Lipinski definition) is 6. The Hall–Kier alpha value is -3.15. The summed E-state index contributed by atoms with van der Waals surface area (Å²) in [7, 11) is 0. The van der Waals surface area contributed by atoms with Crippen LogP contribution in [0.15, 0.2) is 72.9 Å². The molecule has 0 aromatic carbocycles. The van der Waals surface area contributed by atoms with Gasteiger partial charge in [-0.1, -0.05) is 216 Å². The SMILES string of the molecule is CCCCC/C=C\C/C=C\C/C=C\CCCCCCCCC(=O)OC[C@@H](COC(=O)CCCCCCCCCCCC)OC(=O)CCCCCC/C=C\C/C=C\C/C=C\CCCCC. The fourth-order valence-electron chi connectivity index (χ4n) is 7.34. The van der Waals surface area contributed by atoms with Crippen LogP contribution in [-0.4, -0.2) is 37.2 Å². The van der Waals surface area contributed by atoms with Gasteiger partial charge in [0, 0.05) is 19.3 Å². The Morgan fingerprint density at radius 3 is 0.906 bits per heavy atom. The Morgan fingerprint density at radius 1 is 0.312 bits per heavy atom. The lowest BCUT2D eigenvalue weighted by Crippen LogP contribution is -2.30. The normalized spacial score (nSPS) is 12.6. The van der Waals surface area contributed by atoms with Crippen LogP contribution in [0.25, 0.3) is 0 Å². The number of unbranched alkanes of at least 4 members (excludes halogenated alkanes) is 25. The van der Waals surface area contributed by atoms with Gasteiger partial charge in [0.1, 0.15) is 13.2 Å². The highest BCUT2D eigenvalue weighted by Gasteiger charge is 2.19. The van der Waals surface area contributed by atoms with Crippen LogP contribution >= 0.6 is 0 Å². The van der Waals surface area contributed by atoms with Gasteiger partial charge in [-0.3, -0.25) is 14.4 Å². The van der Waals surface area contributed by atoms with E-state index in [2.05, 4.69) is 93.7 Å². The van der Waals surface area contributed by atoms with Crippen LogP contribution in [0.4, 0.5) is 0 Å². The summed E-state index contributed by atoms with van der Waals surface area (Å²) in [5, 5.41) is 0. The van der Waals surface area contributed by atoms with Gasteiger partial charge < -0.3 is 14.2 Å². The number of carbonyl (C=O) groups excluding carboxylic acids is 3. The fraction of sp³-hybridized carbons (Fsp3) is 0.741. The zero-order valence-electron chi connectivity index (χ0n) is 42.0. The Morgan fingerprint density at radius 2 is 0.562 bits per heavy atom. The molecule has 64 heavy (non-hydrogen) atoms. The van der Waals surface area contributed by atoms with Gasteiger partial charge >= 0.3 is 17.9 Å². The minimum absolute atomic E-state index is 0.0877. The second-order valence-corrected chi connectivity index (χ2v) is 17.8. The summed E-state index contributed by atoms with van der Waals surface area (Å²) in [6.45, 7) is 6.55. The number of ether oxygens (including phenoxy) is 3. The van der Waals surface area contributed by atoms with E-state index in [1.54, 1.807) is 0 Å². The summed E-state index contributed by atoms with van der Waals surface area (Å²) in [5.41, 5.74) is 0. The van der Waals surface area contributed by atoms with Crippen LogP contribution in [0.5, 0.6) is 0 Å². The third kappa shape index (κ3) is 49.9. The second-order valence-electron chi connectivity index (χ2n) is 17.8. The molecule has 0 aromatic rings. The number of esters is 3. The van der Waals surface area contributed by atoms with Crippen LogP contribution in [-0.2, 0) is 28.6 Å². The van der Waals surface area contributed by atoms with Crippen molar-refractivity contribution in [3.63, 3.8) is 0 Å². The van der Waals surface area contributed by atoms with Crippen molar-refractivity contribution in [3.8, 4) is 0 Å². The molecule has 0 aliphatic carbocycles. The first-order chi connectivity index (χ1) is 31.5. The molecule has 1 atom stereocenters. The van der Waals surface area contributed by atoms with Crippen LogP contribution in [0.2, 0.25) is 0 Å². The number of allylic oxidation sites excluding steroid dienone is 12. The summed E-state index contributed by atoms with van der Waals surface area (Å²) in [6.07, 6.45) is 65.9. The summed E-state index contributed by atoms with van der Waals surface area (Å²) in [4.78, 5) is 38.0. The molecule has 0 bridgehead atoms. The van der Waals surface area contributed by atoms with Crippen LogP contribution in [0.1, 0.15) is 258 Å². The lowest BCUT2D eigenvalue weighted by atomic mass is 10.1. The Bertz CT molecular complexity index is 1210. The highest BCUT2D eigenvalue weighted by atomic mass is 16.6. The summed E-state index contributed by atoms with van der Waals surface area (Å²) in [6, 6.07) is 0. The average Bonchev–Trinajstić information content (AvgIpc) is 3.29. The molecule has 0 radical (unpaired) electrons. The van der Waals surface area contributed by atoms with Crippen molar-refractivity contribution >= 4 is 17.9 Å². The minimum atomic E-state index is -0.790. The average molecular weight is 893 g/mol. The highest BCUT2D eigenvalue weighted by molar-refractivity contribution is 5.71. The fourth-order valence-corrected chi connectivity index (χ4v) is 7.34. The molecule has 0 rings (SSSR count). The summed E-state index contributed by atoms with van der Waals surface area (Å²) >= 11 is 0. The Kier molecular flexibility index (Phi) is 49.9. The summed E-state index contributed by atoms with van der Waals surface area (Å²) < 4.78 is 16.8. The molecule has 0 amide bonds. The maximum Gasteiger partial charge on any atom is 0.306 e. The monoisotopic (exact) mass is 893 g/mol. The zero-order chi connectivity index (χ0) is 46.5.